The van der Waals surface area contributed by atoms with E-state index in [1.165, 1.54) is 12.1 Å². The van der Waals surface area contributed by atoms with Crippen molar-refractivity contribution >= 4 is 33.0 Å². The first kappa shape index (κ1) is 21.0. The Bertz CT molecular complexity index is 1150. The number of nitrogens with one attached hydrogen (secondary N) is 1. The number of primary sulfonamides is 1. The van der Waals surface area contributed by atoms with Gasteiger partial charge in [0.2, 0.25) is 10.0 Å². The van der Waals surface area contributed by atoms with Gasteiger partial charge in [0.1, 0.15) is 12.4 Å². The number of thiazole rings is 1. The zero-order chi connectivity index (χ0) is 21.2. The Kier molecular flexibility index (Phi) is 6.02. The summed E-state index contributed by atoms with van der Waals surface area (Å²) in [6.45, 7) is 5.85. The van der Waals surface area contributed by atoms with Crippen molar-refractivity contribution < 1.29 is 17.9 Å². The molecule has 1 aromatic heterocycles. The van der Waals surface area contributed by atoms with Gasteiger partial charge in [-0.1, -0.05) is 0 Å². The van der Waals surface area contributed by atoms with Gasteiger partial charge < -0.3 is 10.1 Å². The summed E-state index contributed by atoms with van der Waals surface area (Å²) in [5, 5.41) is 10.9. The summed E-state index contributed by atoms with van der Waals surface area (Å²) in [6, 6.07) is 9.53. The lowest BCUT2D eigenvalue weighted by molar-refractivity contribution is 0.102. The van der Waals surface area contributed by atoms with Crippen molar-refractivity contribution in [1.82, 2.24) is 4.98 Å². The normalized spacial score (nSPS) is 11.3. The zero-order valence-corrected chi connectivity index (χ0v) is 17.9. The molecule has 152 valence electrons. The zero-order valence-electron chi connectivity index (χ0n) is 16.2. The molecule has 7 nitrogen and oxygen atoms in total. The van der Waals surface area contributed by atoms with E-state index in [0.29, 0.717) is 29.2 Å². The summed E-state index contributed by atoms with van der Waals surface area (Å²) in [4.78, 5) is 16.9. The SMILES string of the molecule is Cc1nc(COc2ccc(C(=O)Nc3cc(S(N)(=O)=O)cc(C)c3C)cc2)cs1. The summed E-state index contributed by atoms with van der Waals surface area (Å²) in [6.07, 6.45) is 0. The molecule has 0 atom stereocenters. The Labute approximate surface area is 173 Å². The lowest BCUT2D eigenvalue weighted by atomic mass is 10.1. The van der Waals surface area contributed by atoms with Crippen LogP contribution >= 0.6 is 11.3 Å². The largest absolute Gasteiger partial charge is 0.487 e. The molecule has 29 heavy (non-hydrogen) atoms. The number of nitrogens with two attached hydrogens (primary N) is 1. The molecular weight excluding hydrogens is 410 g/mol. The standard InChI is InChI=1S/C20H21N3O4S2/c1-12-8-18(29(21,25)26)9-19(13(12)2)23-20(24)15-4-6-17(7-5-15)27-10-16-11-28-14(3)22-16/h4-9,11H,10H2,1-3H3,(H,23,24)(H2,21,25,26). The predicted molar refractivity (Wildman–Crippen MR) is 113 cm³/mol. The number of nitrogens with zero attached hydrogens (tertiary/aromatic N) is 1. The molecule has 3 rings (SSSR count). The summed E-state index contributed by atoms with van der Waals surface area (Å²) >= 11 is 1.56. The second kappa shape index (κ2) is 8.32. The Balaban J connectivity index is 1.72. The summed E-state index contributed by atoms with van der Waals surface area (Å²) < 4.78 is 29.0. The van der Waals surface area contributed by atoms with Crippen LogP contribution in [0.4, 0.5) is 5.69 Å². The fraction of sp³-hybridized carbons (Fsp3) is 0.200. The molecule has 0 aliphatic rings. The van der Waals surface area contributed by atoms with Gasteiger partial charge in [0.15, 0.2) is 0 Å². The van der Waals surface area contributed by atoms with Crippen LogP contribution in [0.5, 0.6) is 5.75 Å². The maximum absolute atomic E-state index is 12.6. The van der Waals surface area contributed by atoms with Crippen molar-refractivity contribution in [3.63, 3.8) is 0 Å². The first-order chi connectivity index (χ1) is 13.6. The molecule has 1 amide bonds. The summed E-state index contributed by atoms with van der Waals surface area (Å²) in [5.74, 6) is 0.260. The topological polar surface area (TPSA) is 111 Å². The molecule has 9 heteroatoms. The maximum atomic E-state index is 12.6. The van der Waals surface area contributed by atoms with E-state index in [0.717, 1.165) is 16.3 Å². The molecule has 0 aliphatic heterocycles. The fourth-order valence-electron chi connectivity index (χ4n) is 2.65. The molecule has 0 aliphatic carbocycles. The molecule has 3 aromatic rings. The minimum absolute atomic E-state index is 0.0445. The fourth-order valence-corrected chi connectivity index (χ4v) is 3.87. The smallest absolute Gasteiger partial charge is 0.255 e. The third-order valence-corrected chi connectivity index (χ3v) is 6.10. The number of aromatic nitrogens is 1. The van der Waals surface area contributed by atoms with Crippen molar-refractivity contribution in [1.29, 1.82) is 0 Å². The van der Waals surface area contributed by atoms with Crippen LogP contribution in [0.2, 0.25) is 0 Å². The van der Waals surface area contributed by atoms with Crippen LogP contribution in [-0.4, -0.2) is 19.3 Å². The van der Waals surface area contributed by atoms with E-state index in [1.807, 2.05) is 12.3 Å². The third kappa shape index (κ3) is 5.20. The number of hydrogen-bond donors (Lipinski definition) is 2. The lowest BCUT2D eigenvalue weighted by Crippen LogP contribution is -2.16. The van der Waals surface area contributed by atoms with Crippen LogP contribution in [0, 0.1) is 20.8 Å². The van der Waals surface area contributed by atoms with Gasteiger partial charge in [0.25, 0.3) is 5.91 Å². The van der Waals surface area contributed by atoms with E-state index in [4.69, 9.17) is 9.88 Å². The highest BCUT2D eigenvalue weighted by Crippen LogP contribution is 2.24. The van der Waals surface area contributed by atoms with Crippen LogP contribution in [0.1, 0.15) is 32.2 Å². The Morgan fingerprint density at radius 1 is 1.17 bits per heavy atom. The molecule has 0 fully saturated rings. The Hall–Kier alpha value is -2.75. The van der Waals surface area contributed by atoms with Gasteiger partial charge in [-0.05, 0) is 68.3 Å². The van der Waals surface area contributed by atoms with E-state index in [9.17, 15) is 13.2 Å². The quantitative estimate of drug-likeness (QED) is 0.620. The van der Waals surface area contributed by atoms with E-state index in [2.05, 4.69) is 10.3 Å². The number of amides is 1. The summed E-state index contributed by atoms with van der Waals surface area (Å²) in [7, 11) is -3.87. The monoisotopic (exact) mass is 431 g/mol. The van der Waals surface area contributed by atoms with Gasteiger partial charge in [0, 0.05) is 16.6 Å². The average molecular weight is 432 g/mol. The number of anilines is 1. The van der Waals surface area contributed by atoms with Crippen molar-refractivity contribution in [2.45, 2.75) is 32.3 Å². The van der Waals surface area contributed by atoms with E-state index in [-0.39, 0.29) is 10.8 Å². The number of sulfonamides is 1. The minimum atomic E-state index is -3.87. The van der Waals surface area contributed by atoms with E-state index in [1.54, 1.807) is 49.4 Å². The first-order valence-corrected chi connectivity index (χ1v) is 11.2. The molecule has 0 saturated heterocycles. The Morgan fingerprint density at radius 3 is 2.45 bits per heavy atom. The van der Waals surface area contributed by atoms with Crippen LogP contribution in [0.25, 0.3) is 0 Å². The molecule has 0 saturated carbocycles. The van der Waals surface area contributed by atoms with Crippen molar-refractivity contribution in [2.75, 3.05) is 5.32 Å². The van der Waals surface area contributed by atoms with Gasteiger partial charge >= 0.3 is 0 Å². The van der Waals surface area contributed by atoms with Crippen molar-refractivity contribution in [3.8, 4) is 5.75 Å². The number of carbonyl (C=O) groups excluding carboxylic acids is 1. The second-order valence-corrected chi connectivity index (χ2v) is 9.21. The summed E-state index contributed by atoms with van der Waals surface area (Å²) in [5.41, 5.74) is 3.16. The highest BCUT2D eigenvalue weighted by Gasteiger charge is 2.15. The highest BCUT2D eigenvalue weighted by molar-refractivity contribution is 7.89. The number of rotatable bonds is 6. The molecule has 1 heterocycles. The van der Waals surface area contributed by atoms with Crippen LogP contribution in [-0.2, 0) is 16.6 Å². The van der Waals surface area contributed by atoms with E-state index >= 15 is 0 Å². The van der Waals surface area contributed by atoms with Gasteiger partial charge in [0.05, 0.1) is 15.6 Å². The van der Waals surface area contributed by atoms with Crippen LogP contribution < -0.4 is 15.2 Å². The van der Waals surface area contributed by atoms with Gasteiger partial charge in [-0.15, -0.1) is 11.3 Å². The average Bonchev–Trinajstić information content (AvgIpc) is 3.08. The minimum Gasteiger partial charge on any atom is -0.487 e. The highest BCUT2D eigenvalue weighted by atomic mass is 32.2. The third-order valence-electron chi connectivity index (χ3n) is 4.39. The number of hydrogen-bond acceptors (Lipinski definition) is 6. The molecule has 0 bridgehead atoms. The molecule has 2 aromatic carbocycles. The predicted octanol–water partition coefficient (Wildman–Crippen LogP) is 3.55. The second-order valence-electron chi connectivity index (χ2n) is 6.58. The molecule has 0 unspecified atom stereocenters. The lowest BCUT2D eigenvalue weighted by Gasteiger charge is -2.13. The molecular formula is C20H21N3O4S2. The maximum Gasteiger partial charge on any atom is 0.255 e. The van der Waals surface area contributed by atoms with Gasteiger partial charge in [-0.2, -0.15) is 0 Å². The van der Waals surface area contributed by atoms with Gasteiger partial charge in [-0.25, -0.2) is 18.5 Å². The van der Waals surface area contributed by atoms with E-state index < -0.39 is 10.0 Å². The number of ether oxygens (including phenoxy) is 1. The van der Waals surface area contributed by atoms with Crippen LogP contribution in [0.3, 0.4) is 0 Å². The number of benzene rings is 2. The molecule has 3 N–H and O–H groups in total. The van der Waals surface area contributed by atoms with Crippen molar-refractivity contribution in [3.05, 3.63) is 69.2 Å². The van der Waals surface area contributed by atoms with Crippen molar-refractivity contribution in [2.24, 2.45) is 5.14 Å². The number of carbonyl (C=O) groups is 1. The molecule has 0 spiro atoms. The van der Waals surface area contributed by atoms with Gasteiger partial charge in [-0.3, -0.25) is 4.79 Å². The Morgan fingerprint density at radius 2 is 1.86 bits per heavy atom. The molecule has 0 radical (unpaired) electrons. The van der Waals surface area contributed by atoms with Crippen LogP contribution in [0.15, 0.2) is 46.7 Å². The first-order valence-electron chi connectivity index (χ1n) is 8.73. The number of aryl methyl sites for hydroxylation is 2.